The van der Waals surface area contributed by atoms with Crippen molar-refractivity contribution in [3.63, 3.8) is 0 Å². The van der Waals surface area contributed by atoms with Crippen LogP contribution in [-0.4, -0.2) is 53.9 Å². The molecular formula is C17H23N3O. The van der Waals surface area contributed by atoms with Gasteiger partial charge >= 0.3 is 0 Å². The number of aromatic amines is 1. The van der Waals surface area contributed by atoms with Crippen LogP contribution in [0.25, 0.3) is 10.9 Å². The van der Waals surface area contributed by atoms with Crippen LogP contribution in [0.15, 0.2) is 30.5 Å². The van der Waals surface area contributed by atoms with Gasteiger partial charge in [-0.2, -0.15) is 0 Å². The maximum atomic E-state index is 13.0. The third-order valence-electron chi connectivity index (χ3n) is 4.59. The third kappa shape index (κ3) is 2.44. The van der Waals surface area contributed by atoms with Crippen LogP contribution in [0.3, 0.4) is 0 Å². The Labute approximate surface area is 125 Å². The summed E-state index contributed by atoms with van der Waals surface area (Å²) in [4.78, 5) is 20.5. The average Bonchev–Trinajstić information content (AvgIpc) is 2.92. The maximum absolute atomic E-state index is 13.0. The molecule has 0 spiro atoms. The highest BCUT2D eigenvalue weighted by molar-refractivity contribution is 5.94. The molecular weight excluding hydrogens is 262 g/mol. The Morgan fingerprint density at radius 1 is 1.14 bits per heavy atom. The lowest BCUT2D eigenvalue weighted by Crippen LogP contribution is -2.52. The van der Waals surface area contributed by atoms with Crippen LogP contribution >= 0.6 is 0 Å². The first-order valence-electron chi connectivity index (χ1n) is 7.54. The van der Waals surface area contributed by atoms with Gasteiger partial charge in [0.1, 0.15) is 0 Å². The highest BCUT2D eigenvalue weighted by atomic mass is 16.2. The van der Waals surface area contributed by atoms with Crippen molar-refractivity contribution >= 4 is 16.8 Å². The Morgan fingerprint density at radius 2 is 1.81 bits per heavy atom. The zero-order chi connectivity index (χ0) is 15.0. The molecule has 0 unspecified atom stereocenters. The molecule has 0 radical (unpaired) electrons. The van der Waals surface area contributed by atoms with Gasteiger partial charge in [-0.3, -0.25) is 4.79 Å². The highest BCUT2D eigenvalue weighted by Gasteiger charge is 2.36. The van der Waals surface area contributed by atoms with Gasteiger partial charge in [-0.25, -0.2) is 0 Å². The average molecular weight is 285 g/mol. The summed E-state index contributed by atoms with van der Waals surface area (Å²) in [6.45, 7) is 7.61. The van der Waals surface area contributed by atoms with Gasteiger partial charge in [0.15, 0.2) is 0 Å². The number of H-pyrrole nitrogens is 1. The molecule has 4 heteroatoms. The first kappa shape index (κ1) is 14.1. The van der Waals surface area contributed by atoms with Crippen molar-refractivity contribution < 1.29 is 4.79 Å². The van der Waals surface area contributed by atoms with Gasteiger partial charge in [0.2, 0.25) is 5.91 Å². The molecule has 0 aliphatic carbocycles. The number of aromatic nitrogens is 1. The largest absolute Gasteiger partial charge is 0.361 e. The van der Waals surface area contributed by atoms with Gasteiger partial charge in [0.05, 0.1) is 5.41 Å². The second kappa shape index (κ2) is 5.19. The van der Waals surface area contributed by atoms with Crippen LogP contribution in [0.2, 0.25) is 0 Å². The number of hydrogen-bond donors (Lipinski definition) is 1. The van der Waals surface area contributed by atoms with Gasteiger partial charge < -0.3 is 14.8 Å². The summed E-state index contributed by atoms with van der Waals surface area (Å²) in [5.41, 5.74) is 1.67. The summed E-state index contributed by atoms with van der Waals surface area (Å²) in [6, 6.07) is 8.17. The van der Waals surface area contributed by atoms with E-state index in [0.29, 0.717) is 0 Å². The van der Waals surface area contributed by atoms with Crippen molar-refractivity contribution in [2.24, 2.45) is 0 Å². The Balaban J connectivity index is 1.90. The molecule has 1 amide bonds. The minimum atomic E-state index is -0.504. The van der Waals surface area contributed by atoms with Crippen molar-refractivity contribution in [2.75, 3.05) is 33.2 Å². The second-order valence-corrected chi connectivity index (χ2v) is 6.47. The molecule has 0 atom stereocenters. The Morgan fingerprint density at radius 3 is 2.52 bits per heavy atom. The minimum Gasteiger partial charge on any atom is -0.361 e. The van der Waals surface area contributed by atoms with Gasteiger partial charge in [0.25, 0.3) is 0 Å². The van der Waals surface area contributed by atoms with Gasteiger partial charge in [-0.15, -0.1) is 0 Å². The molecule has 21 heavy (non-hydrogen) atoms. The zero-order valence-electron chi connectivity index (χ0n) is 13.0. The number of amides is 1. The lowest BCUT2D eigenvalue weighted by Gasteiger charge is -2.37. The lowest BCUT2D eigenvalue weighted by atomic mass is 9.82. The number of piperazine rings is 1. The van der Waals surface area contributed by atoms with Crippen LogP contribution in [0.5, 0.6) is 0 Å². The number of carbonyl (C=O) groups excluding carboxylic acids is 1. The van der Waals surface area contributed by atoms with Crippen LogP contribution < -0.4 is 0 Å². The van der Waals surface area contributed by atoms with Crippen molar-refractivity contribution in [3.05, 3.63) is 36.0 Å². The van der Waals surface area contributed by atoms with E-state index in [9.17, 15) is 4.79 Å². The molecule has 3 rings (SSSR count). The Kier molecular flexibility index (Phi) is 3.49. The summed E-state index contributed by atoms with van der Waals surface area (Å²) >= 11 is 0. The van der Waals surface area contributed by atoms with E-state index >= 15 is 0 Å². The summed E-state index contributed by atoms with van der Waals surface area (Å²) in [6.07, 6.45) is 1.98. The predicted molar refractivity (Wildman–Crippen MR) is 85.4 cm³/mol. The van der Waals surface area contributed by atoms with Gasteiger partial charge in [-0.1, -0.05) is 18.2 Å². The molecule has 1 aromatic heterocycles. The molecule has 1 saturated heterocycles. The van der Waals surface area contributed by atoms with Gasteiger partial charge in [0, 0.05) is 43.3 Å². The minimum absolute atomic E-state index is 0.223. The number of hydrogen-bond acceptors (Lipinski definition) is 2. The SMILES string of the molecule is CN1CCN(C(=O)C(C)(C)c2c[nH]c3ccccc23)CC1. The molecule has 1 aliphatic heterocycles. The standard InChI is InChI=1S/C17H23N3O/c1-17(2,16(21)20-10-8-19(3)9-11-20)14-12-18-15-7-5-4-6-13(14)15/h4-7,12,18H,8-11H2,1-3H3. The number of likely N-dealkylation sites (N-methyl/N-ethyl adjacent to an activating group) is 1. The van der Waals surface area contributed by atoms with E-state index in [1.165, 1.54) is 0 Å². The van der Waals surface area contributed by atoms with Crippen molar-refractivity contribution in [1.29, 1.82) is 0 Å². The normalized spacial score (nSPS) is 17.4. The first-order valence-corrected chi connectivity index (χ1v) is 7.54. The number of benzene rings is 1. The molecule has 2 heterocycles. The van der Waals surface area contributed by atoms with E-state index in [4.69, 9.17) is 0 Å². The van der Waals surface area contributed by atoms with E-state index in [-0.39, 0.29) is 5.91 Å². The maximum Gasteiger partial charge on any atom is 0.232 e. The predicted octanol–water partition coefficient (Wildman–Crippen LogP) is 2.22. The molecule has 0 bridgehead atoms. The van der Waals surface area contributed by atoms with E-state index in [1.54, 1.807) is 0 Å². The summed E-state index contributed by atoms with van der Waals surface area (Å²) in [7, 11) is 2.10. The molecule has 1 aromatic carbocycles. The summed E-state index contributed by atoms with van der Waals surface area (Å²) in [5.74, 6) is 0.223. The van der Waals surface area contributed by atoms with Crippen LogP contribution in [-0.2, 0) is 10.2 Å². The zero-order valence-corrected chi connectivity index (χ0v) is 13.0. The van der Waals surface area contributed by atoms with E-state index < -0.39 is 5.41 Å². The molecule has 1 N–H and O–H groups in total. The summed E-state index contributed by atoms with van der Waals surface area (Å²) < 4.78 is 0. The first-order chi connectivity index (χ1) is 10.00. The monoisotopic (exact) mass is 285 g/mol. The Bertz CT molecular complexity index is 651. The second-order valence-electron chi connectivity index (χ2n) is 6.47. The fourth-order valence-corrected chi connectivity index (χ4v) is 3.11. The molecule has 112 valence electrons. The highest BCUT2D eigenvalue weighted by Crippen LogP contribution is 2.32. The molecule has 0 saturated carbocycles. The number of para-hydroxylation sites is 1. The quantitative estimate of drug-likeness (QED) is 0.919. The van der Waals surface area contributed by atoms with E-state index in [0.717, 1.165) is 42.6 Å². The molecule has 1 aliphatic rings. The number of rotatable bonds is 2. The van der Waals surface area contributed by atoms with E-state index in [2.05, 4.69) is 29.1 Å². The smallest absolute Gasteiger partial charge is 0.232 e. The number of fused-ring (bicyclic) bond motifs is 1. The Hall–Kier alpha value is -1.81. The molecule has 1 fully saturated rings. The third-order valence-corrected chi connectivity index (χ3v) is 4.59. The fraction of sp³-hybridized carbons (Fsp3) is 0.471. The van der Waals surface area contributed by atoms with E-state index in [1.807, 2.05) is 37.1 Å². The van der Waals surface area contributed by atoms with Gasteiger partial charge in [-0.05, 0) is 32.5 Å². The fourth-order valence-electron chi connectivity index (χ4n) is 3.11. The topological polar surface area (TPSA) is 39.3 Å². The molecule has 4 nitrogen and oxygen atoms in total. The van der Waals surface area contributed by atoms with Crippen LogP contribution in [0.1, 0.15) is 19.4 Å². The lowest BCUT2D eigenvalue weighted by molar-refractivity contribution is -0.137. The molecule has 2 aromatic rings. The van der Waals surface area contributed by atoms with Crippen molar-refractivity contribution in [2.45, 2.75) is 19.3 Å². The van der Waals surface area contributed by atoms with Crippen LogP contribution in [0, 0.1) is 0 Å². The van der Waals surface area contributed by atoms with Crippen molar-refractivity contribution in [3.8, 4) is 0 Å². The number of nitrogens with zero attached hydrogens (tertiary/aromatic N) is 2. The number of carbonyl (C=O) groups is 1. The summed E-state index contributed by atoms with van der Waals surface area (Å²) in [5, 5.41) is 1.14. The van der Waals surface area contributed by atoms with Crippen molar-refractivity contribution in [1.82, 2.24) is 14.8 Å². The van der Waals surface area contributed by atoms with Crippen LogP contribution in [0.4, 0.5) is 0 Å². The number of nitrogens with one attached hydrogen (secondary N) is 1.